The van der Waals surface area contributed by atoms with Gasteiger partial charge >= 0.3 is 0 Å². The average Bonchev–Trinajstić information content (AvgIpc) is 2.51. The maximum absolute atomic E-state index is 12.5. The molecule has 22 heavy (non-hydrogen) atoms. The zero-order valence-corrected chi connectivity index (χ0v) is 14.8. The fourth-order valence-electron chi connectivity index (χ4n) is 3.00. The summed E-state index contributed by atoms with van der Waals surface area (Å²) < 4.78 is 0. The highest BCUT2D eigenvalue weighted by atomic mass is 35.5. The van der Waals surface area contributed by atoms with Crippen molar-refractivity contribution in [3.05, 3.63) is 33.8 Å². The number of hydrogen-bond acceptors (Lipinski definition) is 2. The summed E-state index contributed by atoms with van der Waals surface area (Å²) >= 11 is 11.9. The summed E-state index contributed by atoms with van der Waals surface area (Å²) in [6.07, 6.45) is 3.69. The second-order valence-corrected chi connectivity index (χ2v) is 6.82. The number of hydrogen-bond donors (Lipinski definition) is 0. The van der Waals surface area contributed by atoms with E-state index in [0.29, 0.717) is 22.5 Å². The molecule has 3 nitrogen and oxygen atoms in total. The number of halogens is 2. The van der Waals surface area contributed by atoms with Crippen molar-refractivity contribution in [1.82, 2.24) is 9.80 Å². The van der Waals surface area contributed by atoms with Gasteiger partial charge in [-0.2, -0.15) is 0 Å². The molecular weight excluding hydrogens is 319 g/mol. The van der Waals surface area contributed by atoms with E-state index < -0.39 is 0 Å². The lowest BCUT2D eigenvalue weighted by atomic mass is 10.0. The van der Waals surface area contributed by atoms with Gasteiger partial charge in [-0.15, -0.1) is 0 Å². The van der Waals surface area contributed by atoms with E-state index >= 15 is 0 Å². The van der Waals surface area contributed by atoms with Crippen molar-refractivity contribution in [2.24, 2.45) is 0 Å². The molecule has 0 spiro atoms. The predicted octanol–water partition coefficient (Wildman–Crippen LogP) is 3.87. The van der Waals surface area contributed by atoms with Gasteiger partial charge in [0.15, 0.2) is 0 Å². The highest BCUT2D eigenvalue weighted by Crippen LogP contribution is 2.23. The number of carbonyl (C=O) groups excluding carboxylic acids is 1. The Morgan fingerprint density at radius 2 is 1.95 bits per heavy atom. The summed E-state index contributed by atoms with van der Waals surface area (Å²) in [5.41, 5.74) is 0.912. The van der Waals surface area contributed by atoms with Crippen LogP contribution in [0.4, 0.5) is 0 Å². The summed E-state index contributed by atoms with van der Waals surface area (Å²) in [5.74, 6) is 0.146. The molecule has 1 fully saturated rings. The molecule has 0 aliphatic carbocycles. The van der Waals surface area contributed by atoms with Crippen LogP contribution in [-0.2, 0) is 11.2 Å². The topological polar surface area (TPSA) is 23.6 Å². The molecule has 0 saturated carbocycles. The van der Waals surface area contributed by atoms with Crippen LogP contribution in [0.15, 0.2) is 18.2 Å². The minimum absolute atomic E-state index is 0.146. The van der Waals surface area contributed by atoms with Crippen LogP contribution in [0.1, 0.15) is 31.7 Å². The average molecular weight is 343 g/mol. The van der Waals surface area contributed by atoms with Gasteiger partial charge in [-0.25, -0.2) is 0 Å². The summed E-state index contributed by atoms with van der Waals surface area (Å²) in [5, 5.41) is 1.03. The van der Waals surface area contributed by atoms with Crippen molar-refractivity contribution in [3.63, 3.8) is 0 Å². The molecule has 0 bridgehead atoms. The Labute approximate surface area is 143 Å². The lowest BCUT2D eigenvalue weighted by Gasteiger charge is -2.36. The number of benzene rings is 1. The van der Waals surface area contributed by atoms with E-state index in [9.17, 15) is 4.79 Å². The molecule has 1 aliphatic rings. The van der Waals surface area contributed by atoms with Crippen molar-refractivity contribution in [3.8, 4) is 0 Å². The van der Waals surface area contributed by atoms with Gasteiger partial charge in [0.25, 0.3) is 0 Å². The fourth-order valence-corrected chi connectivity index (χ4v) is 3.32. The van der Waals surface area contributed by atoms with Crippen molar-refractivity contribution in [1.29, 1.82) is 0 Å². The Hall–Kier alpha value is -0.770. The Morgan fingerprint density at radius 1 is 1.27 bits per heavy atom. The zero-order chi connectivity index (χ0) is 16.1. The highest BCUT2D eigenvalue weighted by molar-refractivity contribution is 6.42. The van der Waals surface area contributed by atoms with E-state index in [-0.39, 0.29) is 5.91 Å². The van der Waals surface area contributed by atoms with Gasteiger partial charge < -0.3 is 9.80 Å². The monoisotopic (exact) mass is 342 g/mol. The van der Waals surface area contributed by atoms with Gasteiger partial charge in [-0.1, -0.05) is 36.2 Å². The van der Waals surface area contributed by atoms with Crippen LogP contribution in [0.3, 0.4) is 0 Å². The van der Waals surface area contributed by atoms with E-state index in [1.54, 1.807) is 12.1 Å². The molecular formula is C17H24Cl2N2O. The Balaban J connectivity index is 1.88. The predicted molar refractivity (Wildman–Crippen MR) is 92.7 cm³/mol. The second kappa shape index (κ2) is 8.19. The van der Waals surface area contributed by atoms with Crippen molar-refractivity contribution >= 4 is 29.1 Å². The van der Waals surface area contributed by atoms with E-state index in [0.717, 1.165) is 38.0 Å². The largest absolute Gasteiger partial charge is 0.342 e. The van der Waals surface area contributed by atoms with Crippen LogP contribution in [0.2, 0.25) is 10.0 Å². The molecule has 1 aliphatic heterocycles. The lowest BCUT2D eigenvalue weighted by Crippen LogP contribution is -2.46. The summed E-state index contributed by atoms with van der Waals surface area (Å²) in [4.78, 5) is 16.8. The van der Waals surface area contributed by atoms with Gasteiger partial charge in [0.1, 0.15) is 0 Å². The van der Waals surface area contributed by atoms with Crippen LogP contribution in [0.5, 0.6) is 0 Å². The first-order chi connectivity index (χ1) is 10.5. The van der Waals surface area contributed by atoms with Crippen molar-refractivity contribution in [2.75, 3.05) is 26.7 Å². The summed E-state index contributed by atoms with van der Waals surface area (Å²) in [7, 11) is 1.92. The Bertz CT molecular complexity index is 513. The van der Waals surface area contributed by atoms with Crippen LogP contribution in [0, 0.1) is 0 Å². The minimum Gasteiger partial charge on any atom is -0.342 e. The third-order valence-electron chi connectivity index (χ3n) is 4.38. The summed E-state index contributed by atoms with van der Waals surface area (Å²) in [6, 6.07) is 5.74. The van der Waals surface area contributed by atoms with Crippen LogP contribution in [-0.4, -0.2) is 48.4 Å². The fraction of sp³-hybridized carbons (Fsp3) is 0.588. The van der Waals surface area contributed by atoms with E-state index in [1.165, 1.54) is 6.42 Å². The van der Waals surface area contributed by atoms with E-state index in [1.807, 2.05) is 18.0 Å². The highest BCUT2D eigenvalue weighted by Gasteiger charge is 2.24. The number of amides is 1. The number of likely N-dealkylation sites (N-methyl/N-ethyl adjacent to an activating group) is 1. The SMILES string of the molecule is CCCN1CCC(N(C)C(=O)Cc2ccc(Cl)c(Cl)c2)CC1. The first kappa shape index (κ1) is 17.6. The third-order valence-corrected chi connectivity index (χ3v) is 5.12. The van der Waals surface area contributed by atoms with Gasteiger partial charge in [0, 0.05) is 26.2 Å². The molecule has 2 rings (SSSR count). The second-order valence-electron chi connectivity index (χ2n) is 6.00. The first-order valence-electron chi connectivity index (χ1n) is 7.93. The number of piperidine rings is 1. The Morgan fingerprint density at radius 3 is 2.55 bits per heavy atom. The molecule has 122 valence electrons. The van der Waals surface area contributed by atoms with E-state index in [4.69, 9.17) is 23.2 Å². The quantitative estimate of drug-likeness (QED) is 0.810. The minimum atomic E-state index is 0.146. The molecule has 1 heterocycles. The zero-order valence-electron chi connectivity index (χ0n) is 13.3. The molecule has 1 aromatic rings. The van der Waals surface area contributed by atoms with Crippen molar-refractivity contribution in [2.45, 2.75) is 38.6 Å². The first-order valence-corrected chi connectivity index (χ1v) is 8.68. The maximum Gasteiger partial charge on any atom is 0.226 e. The van der Waals surface area contributed by atoms with Gasteiger partial charge in [0.2, 0.25) is 5.91 Å². The van der Waals surface area contributed by atoms with Gasteiger partial charge in [0.05, 0.1) is 16.5 Å². The summed E-state index contributed by atoms with van der Waals surface area (Å²) in [6.45, 7) is 5.54. The van der Waals surface area contributed by atoms with Crippen molar-refractivity contribution < 1.29 is 4.79 Å². The molecule has 0 N–H and O–H groups in total. The van der Waals surface area contributed by atoms with Crippen LogP contribution >= 0.6 is 23.2 Å². The number of rotatable bonds is 5. The standard InChI is InChI=1S/C17H24Cl2N2O/c1-3-8-21-9-6-14(7-10-21)20(2)17(22)12-13-4-5-15(18)16(19)11-13/h4-5,11,14H,3,6-10,12H2,1-2H3. The molecule has 5 heteroatoms. The normalized spacial score (nSPS) is 16.7. The maximum atomic E-state index is 12.5. The Kier molecular flexibility index (Phi) is 6.54. The van der Waals surface area contributed by atoms with Gasteiger partial charge in [-0.3, -0.25) is 4.79 Å². The number of nitrogens with zero attached hydrogens (tertiary/aromatic N) is 2. The smallest absolute Gasteiger partial charge is 0.226 e. The van der Waals surface area contributed by atoms with E-state index in [2.05, 4.69) is 11.8 Å². The molecule has 0 atom stereocenters. The molecule has 1 aromatic carbocycles. The molecule has 0 unspecified atom stereocenters. The van der Waals surface area contributed by atoms with Crippen LogP contribution in [0.25, 0.3) is 0 Å². The van der Waals surface area contributed by atoms with Gasteiger partial charge in [-0.05, 0) is 43.5 Å². The number of likely N-dealkylation sites (tertiary alicyclic amines) is 1. The van der Waals surface area contributed by atoms with Crippen LogP contribution < -0.4 is 0 Å². The molecule has 0 aromatic heterocycles. The molecule has 1 amide bonds. The number of carbonyl (C=O) groups is 1. The lowest BCUT2D eigenvalue weighted by molar-refractivity contribution is -0.132. The molecule has 1 saturated heterocycles. The molecule has 0 radical (unpaired) electrons. The third kappa shape index (κ3) is 4.61.